The largest absolute Gasteiger partial charge is 0.504 e. The van der Waals surface area contributed by atoms with Crippen LogP contribution in [0.4, 0.5) is 0 Å². The summed E-state index contributed by atoms with van der Waals surface area (Å²) in [6.07, 6.45) is 3.14. The van der Waals surface area contributed by atoms with E-state index in [1.54, 1.807) is 6.07 Å². The number of carboxylic acids is 1. The van der Waals surface area contributed by atoms with E-state index >= 15 is 0 Å². The van der Waals surface area contributed by atoms with Crippen molar-refractivity contribution in [2.24, 2.45) is 17.8 Å². The Morgan fingerprint density at radius 2 is 1.95 bits per heavy atom. The first-order chi connectivity index (χ1) is 9.56. The molecule has 5 heteroatoms. The summed E-state index contributed by atoms with van der Waals surface area (Å²) in [6, 6.07) is 4.69. The lowest BCUT2D eigenvalue weighted by Gasteiger charge is -2.29. The van der Waals surface area contributed by atoms with Crippen molar-refractivity contribution in [2.45, 2.75) is 31.8 Å². The van der Waals surface area contributed by atoms with Crippen LogP contribution >= 0.6 is 0 Å². The molecule has 4 unspecified atom stereocenters. The van der Waals surface area contributed by atoms with E-state index in [0.29, 0.717) is 18.4 Å². The summed E-state index contributed by atoms with van der Waals surface area (Å²) in [5, 5.41) is 31.4. The zero-order valence-corrected chi connectivity index (χ0v) is 11.1. The summed E-state index contributed by atoms with van der Waals surface area (Å²) >= 11 is 0. The second-order valence-electron chi connectivity index (χ2n) is 5.93. The summed E-state index contributed by atoms with van der Waals surface area (Å²) in [7, 11) is 0. The number of hydrogen-bond acceptors (Lipinski definition) is 4. The smallest absolute Gasteiger partial charge is 0.308 e. The molecule has 2 saturated carbocycles. The average molecular weight is 277 g/mol. The highest BCUT2D eigenvalue weighted by molar-refractivity contribution is 5.72. The number of aromatic hydroxyl groups is 2. The van der Waals surface area contributed by atoms with E-state index in [9.17, 15) is 20.1 Å². The van der Waals surface area contributed by atoms with Crippen molar-refractivity contribution < 1.29 is 20.1 Å². The van der Waals surface area contributed by atoms with Gasteiger partial charge in [-0.25, -0.2) is 0 Å². The van der Waals surface area contributed by atoms with E-state index in [2.05, 4.69) is 5.32 Å². The molecule has 2 aliphatic rings. The molecule has 0 saturated heterocycles. The van der Waals surface area contributed by atoms with Gasteiger partial charge in [-0.2, -0.15) is 0 Å². The van der Waals surface area contributed by atoms with E-state index in [1.807, 2.05) is 0 Å². The maximum Gasteiger partial charge on any atom is 0.308 e. The molecule has 4 atom stereocenters. The zero-order chi connectivity index (χ0) is 14.3. The Labute approximate surface area is 117 Å². The van der Waals surface area contributed by atoms with E-state index in [-0.39, 0.29) is 23.5 Å². The molecule has 108 valence electrons. The number of benzene rings is 1. The minimum Gasteiger partial charge on any atom is -0.504 e. The van der Waals surface area contributed by atoms with Crippen molar-refractivity contribution in [2.75, 3.05) is 0 Å². The fraction of sp³-hybridized carbons (Fsp3) is 0.533. The van der Waals surface area contributed by atoms with Crippen molar-refractivity contribution in [1.29, 1.82) is 0 Å². The first kappa shape index (κ1) is 13.2. The first-order valence-corrected chi connectivity index (χ1v) is 7.03. The van der Waals surface area contributed by atoms with Gasteiger partial charge in [0.1, 0.15) is 0 Å². The van der Waals surface area contributed by atoms with Crippen molar-refractivity contribution in [1.82, 2.24) is 5.32 Å². The normalized spacial score (nSPS) is 31.6. The van der Waals surface area contributed by atoms with Crippen LogP contribution in [0.3, 0.4) is 0 Å². The van der Waals surface area contributed by atoms with Gasteiger partial charge in [0.25, 0.3) is 0 Å². The molecular formula is C15H19NO4. The molecule has 5 nitrogen and oxygen atoms in total. The number of rotatable bonds is 4. The molecular weight excluding hydrogens is 258 g/mol. The van der Waals surface area contributed by atoms with Crippen LogP contribution < -0.4 is 5.32 Å². The van der Waals surface area contributed by atoms with Crippen molar-refractivity contribution in [3.8, 4) is 11.5 Å². The maximum atomic E-state index is 11.4. The Balaban J connectivity index is 1.68. The van der Waals surface area contributed by atoms with Gasteiger partial charge in [0, 0.05) is 12.6 Å². The molecule has 3 rings (SSSR count). The fourth-order valence-electron chi connectivity index (χ4n) is 3.86. The average Bonchev–Trinajstić information content (AvgIpc) is 3.00. The minimum absolute atomic E-state index is 0.0159. The van der Waals surface area contributed by atoms with E-state index in [0.717, 1.165) is 24.8 Å². The number of nitrogens with one attached hydrogen (secondary N) is 1. The van der Waals surface area contributed by atoms with Crippen LogP contribution in [0.1, 0.15) is 24.8 Å². The quantitative estimate of drug-likeness (QED) is 0.629. The number of fused-ring (bicyclic) bond motifs is 2. The predicted molar refractivity (Wildman–Crippen MR) is 72.4 cm³/mol. The minimum atomic E-state index is -0.705. The maximum absolute atomic E-state index is 11.4. The number of phenolic OH excluding ortho intramolecular Hbond substituents is 2. The fourth-order valence-corrected chi connectivity index (χ4v) is 3.86. The Morgan fingerprint density at radius 1 is 1.20 bits per heavy atom. The van der Waals surface area contributed by atoms with Crippen molar-refractivity contribution in [3.05, 3.63) is 23.8 Å². The number of aliphatic carboxylic acids is 1. The lowest BCUT2D eigenvalue weighted by molar-refractivity contribution is -0.144. The molecule has 20 heavy (non-hydrogen) atoms. The zero-order valence-electron chi connectivity index (χ0n) is 11.1. The monoisotopic (exact) mass is 277 g/mol. The Hall–Kier alpha value is -1.75. The third-order valence-corrected chi connectivity index (χ3v) is 4.78. The molecule has 1 aromatic rings. The second kappa shape index (κ2) is 4.98. The van der Waals surface area contributed by atoms with Crippen LogP contribution in [-0.4, -0.2) is 27.3 Å². The first-order valence-electron chi connectivity index (χ1n) is 7.03. The Kier molecular flexibility index (Phi) is 3.30. The summed E-state index contributed by atoms with van der Waals surface area (Å²) in [4.78, 5) is 11.4. The van der Waals surface area contributed by atoms with E-state index in [1.165, 1.54) is 12.1 Å². The standard InChI is InChI=1S/C15H19NO4/c17-11-4-1-8(5-12(11)18)7-16-14-10-3-2-9(6-10)13(14)15(19)20/h1,4-5,9-10,13-14,16-18H,2-3,6-7H2,(H,19,20). The molecule has 0 heterocycles. The van der Waals surface area contributed by atoms with Gasteiger partial charge in [-0.15, -0.1) is 0 Å². The van der Waals surface area contributed by atoms with Crippen LogP contribution in [0.2, 0.25) is 0 Å². The molecule has 0 amide bonds. The number of carbonyl (C=O) groups is 1. The summed E-state index contributed by atoms with van der Waals surface area (Å²) in [5.41, 5.74) is 0.840. The molecule has 0 spiro atoms. The third-order valence-electron chi connectivity index (χ3n) is 4.78. The highest BCUT2D eigenvalue weighted by Gasteiger charge is 2.50. The molecule has 0 radical (unpaired) electrons. The molecule has 4 N–H and O–H groups in total. The molecule has 2 fully saturated rings. The van der Waals surface area contributed by atoms with Crippen molar-refractivity contribution in [3.63, 3.8) is 0 Å². The van der Waals surface area contributed by atoms with Gasteiger partial charge in [0.15, 0.2) is 11.5 Å². The number of carboxylic acid groups (broad SMARTS) is 1. The van der Waals surface area contributed by atoms with Gasteiger partial charge >= 0.3 is 5.97 Å². The predicted octanol–water partition coefficient (Wildman–Crippen LogP) is 1.69. The van der Waals surface area contributed by atoms with Gasteiger partial charge in [-0.05, 0) is 48.8 Å². The van der Waals surface area contributed by atoms with E-state index in [4.69, 9.17) is 0 Å². The molecule has 2 aliphatic carbocycles. The Morgan fingerprint density at radius 3 is 2.65 bits per heavy atom. The van der Waals surface area contributed by atoms with Crippen LogP contribution in [0.5, 0.6) is 11.5 Å². The van der Waals surface area contributed by atoms with Crippen LogP contribution in [0.15, 0.2) is 18.2 Å². The van der Waals surface area contributed by atoms with Crippen LogP contribution in [-0.2, 0) is 11.3 Å². The lowest BCUT2D eigenvalue weighted by atomic mass is 9.84. The molecule has 2 bridgehead atoms. The summed E-state index contributed by atoms with van der Waals surface area (Å²) in [5.74, 6) is -0.526. The van der Waals surface area contributed by atoms with Crippen molar-refractivity contribution >= 4 is 5.97 Å². The topological polar surface area (TPSA) is 89.8 Å². The highest BCUT2D eigenvalue weighted by atomic mass is 16.4. The third kappa shape index (κ3) is 2.22. The number of hydrogen-bond donors (Lipinski definition) is 4. The van der Waals surface area contributed by atoms with Gasteiger partial charge in [-0.1, -0.05) is 6.07 Å². The molecule has 0 aliphatic heterocycles. The van der Waals surface area contributed by atoms with Gasteiger partial charge in [-0.3, -0.25) is 4.79 Å². The SMILES string of the molecule is O=C(O)C1C2CCC(C2)C1NCc1ccc(O)c(O)c1. The number of phenols is 2. The highest BCUT2D eigenvalue weighted by Crippen LogP contribution is 2.48. The Bertz CT molecular complexity index is 531. The van der Waals surface area contributed by atoms with Gasteiger partial charge in [0.05, 0.1) is 5.92 Å². The van der Waals surface area contributed by atoms with E-state index < -0.39 is 5.97 Å². The van der Waals surface area contributed by atoms with Gasteiger partial charge in [0.2, 0.25) is 0 Å². The molecule has 0 aromatic heterocycles. The van der Waals surface area contributed by atoms with Crippen LogP contribution in [0, 0.1) is 17.8 Å². The summed E-state index contributed by atoms with van der Waals surface area (Å²) < 4.78 is 0. The summed E-state index contributed by atoms with van der Waals surface area (Å²) in [6.45, 7) is 0.505. The lowest BCUT2D eigenvalue weighted by Crippen LogP contribution is -2.43. The van der Waals surface area contributed by atoms with Gasteiger partial charge < -0.3 is 20.6 Å². The molecule has 1 aromatic carbocycles. The van der Waals surface area contributed by atoms with Crippen LogP contribution in [0.25, 0.3) is 0 Å². The second-order valence-corrected chi connectivity index (χ2v) is 5.93.